The summed E-state index contributed by atoms with van der Waals surface area (Å²) in [6.45, 7) is 4.02. The van der Waals surface area contributed by atoms with Crippen LogP contribution in [0, 0.1) is 5.92 Å². The number of likely N-dealkylation sites (tertiary alicyclic amines) is 1. The molecule has 1 fully saturated rings. The van der Waals surface area contributed by atoms with E-state index in [0.29, 0.717) is 23.4 Å². The lowest BCUT2D eigenvalue weighted by Crippen LogP contribution is -2.36. The molecule has 0 amide bonds. The number of hydrogen-bond acceptors (Lipinski definition) is 5. The molecule has 0 saturated carbocycles. The van der Waals surface area contributed by atoms with E-state index in [1.807, 2.05) is 29.5 Å². The Balaban J connectivity index is 0.00000280. The van der Waals surface area contributed by atoms with Crippen LogP contribution in [0.3, 0.4) is 0 Å². The smallest absolute Gasteiger partial charge is 0.193 e. The van der Waals surface area contributed by atoms with Crippen molar-refractivity contribution < 1.29 is 9.47 Å². The van der Waals surface area contributed by atoms with Crippen molar-refractivity contribution in [3.63, 3.8) is 0 Å². The van der Waals surface area contributed by atoms with Crippen LogP contribution in [-0.2, 0) is 6.54 Å². The Morgan fingerprint density at radius 1 is 1.29 bits per heavy atom. The lowest BCUT2D eigenvalue weighted by molar-refractivity contribution is 0.172. The number of nitrogens with zero attached hydrogens (tertiary/aromatic N) is 2. The molecule has 0 aliphatic carbocycles. The number of rotatable bonds is 7. The molecular weight excluding hydrogens is 487 g/mol. The first kappa shape index (κ1) is 22.8. The van der Waals surface area contributed by atoms with Gasteiger partial charge in [0.25, 0.3) is 0 Å². The first-order chi connectivity index (χ1) is 13.2. The van der Waals surface area contributed by atoms with Gasteiger partial charge in [-0.25, -0.2) is 0 Å². The van der Waals surface area contributed by atoms with Crippen molar-refractivity contribution in [1.29, 1.82) is 0 Å². The standard InChI is InChI=1S/C20H28N4O2S.HI/c1-25-18-8-7-16(11-19(18)26-2)23-20(21)22-12-15-5-3-9-24(13-15)14-17-6-4-10-27-17;/h4,6-8,10-11,15H,3,5,9,12-14H2,1-2H3,(H3,21,22,23);1H. The number of halogens is 1. The van der Waals surface area contributed by atoms with Gasteiger partial charge in [0, 0.05) is 36.3 Å². The lowest BCUT2D eigenvalue weighted by atomic mass is 9.98. The van der Waals surface area contributed by atoms with Crippen molar-refractivity contribution >= 4 is 47.0 Å². The minimum absolute atomic E-state index is 0. The molecule has 1 aromatic heterocycles. The van der Waals surface area contributed by atoms with Crippen molar-refractivity contribution in [3.8, 4) is 11.5 Å². The van der Waals surface area contributed by atoms with E-state index in [1.165, 1.54) is 17.7 Å². The fourth-order valence-corrected chi connectivity index (χ4v) is 4.14. The summed E-state index contributed by atoms with van der Waals surface area (Å²) < 4.78 is 10.6. The number of benzene rings is 1. The van der Waals surface area contributed by atoms with Crippen LogP contribution in [0.4, 0.5) is 5.69 Å². The van der Waals surface area contributed by atoms with E-state index >= 15 is 0 Å². The lowest BCUT2D eigenvalue weighted by Gasteiger charge is -2.31. The zero-order valence-electron chi connectivity index (χ0n) is 16.4. The predicted octanol–water partition coefficient (Wildman–Crippen LogP) is 4.02. The van der Waals surface area contributed by atoms with E-state index in [9.17, 15) is 0 Å². The third-order valence-electron chi connectivity index (χ3n) is 4.74. The number of hydrogen-bond donors (Lipinski definition) is 2. The third-order valence-corrected chi connectivity index (χ3v) is 5.60. The zero-order valence-corrected chi connectivity index (χ0v) is 19.5. The van der Waals surface area contributed by atoms with Gasteiger partial charge >= 0.3 is 0 Å². The number of nitrogens with two attached hydrogens (primary N) is 1. The van der Waals surface area contributed by atoms with E-state index < -0.39 is 0 Å². The maximum atomic E-state index is 6.08. The van der Waals surface area contributed by atoms with E-state index in [4.69, 9.17) is 15.2 Å². The summed E-state index contributed by atoms with van der Waals surface area (Å²) in [5.41, 5.74) is 6.91. The Hall–Kier alpha value is -1.52. The molecule has 1 aliphatic rings. The summed E-state index contributed by atoms with van der Waals surface area (Å²) in [6, 6.07) is 9.92. The fraction of sp³-hybridized carbons (Fsp3) is 0.450. The van der Waals surface area contributed by atoms with Crippen molar-refractivity contribution in [1.82, 2.24) is 4.90 Å². The highest BCUT2D eigenvalue weighted by molar-refractivity contribution is 14.0. The average molecular weight is 516 g/mol. The number of anilines is 1. The number of ether oxygens (including phenoxy) is 2. The number of guanidine groups is 1. The molecule has 3 rings (SSSR count). The Labute approximate surface area is 188 Å². The fourth-order valence-electron chi connectivity index (χ4n) is 3.40. The van der Waals surface area contributed by atoms with Gasteiger partial charge in [-0.05, 0) is 48.9 Å². The van der Waals surface area contributed by atoms with Crippen molar-refractivity contribution in [2.24, 2.45) is 16.6 Å². The van der Waals surface area contributed by atoms with E-state index in [1.54, 1.807) is 14.2 Å². The highest BCUT2D eigenvalue weighted by Crippen LogP contribution is 2.29. The summed E-state index contributed by atoms with van der Waals surface area (Å²) in [6.07, 6.45) is 2.42. The van der Waals surface area contributed by atoms with Gasteiger partial charge in [-0.15, -0.1) is 35.3 Å². The van der Waals surface area contributed by atoms with E-state index in [0.717, 1.165) is 31.9 Å². The van der Waals surface area contributed by atoms with Gasteiger partial charge in [0.2, 0.25) is 0 Å². The van der Waals surface area contributed by atoms with Crippen molar-refractivity contribution in [3.05, 3.63) is 40.6 Å². The molecule has 6 nitrogen and oxygen atoms in total. The average Bonchev–Trinajstić information content (AvgIpc) is 3.19. The molecule has 3 N–H and O–H groups in total. The molecule has 2 aromatic rings. The monoisotopic (exact) mass is 516 g/mol. The predicted molar refractivity (Wildman–Crippen MR) is 127 cm³/mol. The van der Waals surface area contributed by atoms with Crippen molar-refractivity contribution in [2.45, 2.75) is 19.4 Å². The summed E-state index contributed by atoms with van der Waals surface area (Å²) >= 11 is 1.82. The highest BCUT2D eigenvalue weighted by atomic mass is 127. The van der Waals surface area contributed by atoms with Gasteiger partial charge in [0.05, 0.1) is 14.2 Å². The second-order valence-corrected chi connectivity index (χ2v) is 7.78. The maximum Gasteiger partial charge on any atom is 0.193 e. The normalized spacial score (nSPS) is 17.6. The van der Waals surface area contributed by atoms with Gasteiger partial charge in [-0.3, -0.25) is 9.89 Å². The molecule has 1 aliphatic heterocycles. The Morgan fingerprint density at radius 3 is 2.82 bits per heavy atom. The molecule has 154 valence electrons. The largest absolute Gasteiger partial charge is 0.493 e. The van der Waals surface area contributed by atoms with Crippen LogP contribution in [0.25, 0.3) is 0 Å². The highest BCUT2D eigenvalue weighted by Gasteiger charge is 2.20. The number of thiophene rings is 1. The molecule has 8 heteroatoms. The van der Waals surface area contributed by atoms with Gasteiger partial charge in [-0.1, -0.05) is 6.07 Å². The minimum Gasteiger partial charge on any atom is -0.493 e. The second-order valence-electron chi connectivity index (χ2n) is 6.74. The molecule has 2 heterocycles. The first-order valence-electron chi connectivity index (χ1n) is 9.21. The van der Waals surface area contributed by atoms with Gasteiger partial charge in [0.15, 0.2) is 17.5 Å². The quantitative estimate of drug-likeness (QED) is 0.331. The summed E-state index contributed by atoms with van der Waals surface area (Å²) in [4.78, 5) is 8.51. The van der Waals surface area contributed by atoms with Crippen LogP contribution in [0.15, 0.2) is 40.7 Å². The Morgan fingerprint density at radius 2 is 2.11 bits per heavy atom. The Bertz CT molecular complexity index is 755. The molecule has 0 radical (unpaired) electrons. The zero-order chi connectivity index (χ0) is 19.1. The van der Waals surface area contributed by atoms with Crippen LogP contribution in [-0.4, -0.2) is 44.7 Å². The van der Waals surface area contributed by atoms with Crippen LogP contribution in [0.2, 0.25) is 0 Å². The van der Waals surface area contributed by atoms with Crippen LogP contribution in [0.1, 0.15) is 17.7 Å². The number of nitrogens with one attached hydrogen (secondary N) is 1. The summed E-state index contributed by atoms with van der Waals surface area (Å²) in [5, 5.41) is 5.28. The SMILES string of the molecule is COc1ccc(NC(N)=NCC2CCCN(Cc3cccs3)C2)cc1OC.I. The number of methoxy groups -OCH3 is 2. The molecule has 0 bridgehead atoms. The van der Waals surface area contributed by atoms with Gasteiger partial charge in [0.1, 0.15) is 0 Å². The number of aliphatic imine (C=N–C) groups is 1. The molecule has 1 saturated heterocycles. The van der Waals surface area contributed by atoms with Gasteiger partial charge in [-0.2, -0.15) is 0 Å². The van der Waals surface area contributed by atoms with Crippen LogP contribution >= 0.6 is 35.3 Å². The molecule has 1 atom stereocenters. The van der Waals surface area contributed by atoms with Crippen LogP contribution < -0.4 is 20.5 Å². The first-order valence-corrected chi connectivity index (χ1v) is 10.1. The molecule has 1 aromatic carbocycles. The molecular formula is C20H29IN4O2S. The van der Waals surface area contributed by atoms with Gasteiger partial charge < -0.3 is 20.5 Å². The summed E-state index contributed by atoms with van der Waals surface area (Å²) in [5.74, 6) is 2.32. The van der Waals surface area contributed by atoms with E-state index in [-0.39, 0.29) is 24.0 Å². The topological polar surface area (TPSA) is 72.1 Å². The second kappa shape index (κ2) is 11.5. The number of piperidine rings is 1. The summed E-state index contributed by atoms with van der Waals surface area (Å²) in [7, 11) is 3.23. The minimum atomic E-state index is 0. The Kier molecular flexibility index (Phi) is 9.33. The van der Waals surface area contributed by atoms with Crippen LogP contribution in [0.5, 0.6) is 11.5 Å². The molecule has 1 unspecified atom stereocenters. The molecule has 0 spiro atoms. The van der Waals surface area contributed by atoms with E-state index in [2.05, 4.69) is 32.7 Å². The maximum absolute atomic E-state index is 6.08. The van der Waals surface area contributed by atoms with Crippen molar-refractivity contribution in [2.75, 3.05) is 39.2 Å². The molecule has 28 heavy (non-hydrogen) atoms. The third kappa shape index (κ3) is 6.52.